The van der Waals surface area contributed by atoms with E-state index in [-0.39, 0.29) is 18.6 Å². The third-order valence-corrected chi connectivity index (χ3v) is 3.06. The molecular formula is C15H20N4O2. The standard InChI is InChI=1S/C15H20N4O2/c1-11(2)9-12(10-20)18-15(21)13-5-3-6-16-14(13)19-8-4-7-17-19/h3-8,11-12,20H,9-10H2,1-2H3,(H,18,21). The highest BCUT2D eigenvalue weighted by molar-refractivity contribution is 5.97. The van der Waals surface area contributed by atoms with Gasteiger partial charge >= 0.3 is 0 Å². The van der Waals surface area contributed by atoms with Gasteiger partial charge in [0.05, 0.1) is 18.2 Å². The zero-order chi connectivity index (χ0) is 15.2. The van der Waals surface area contributed by atoms with E-state index < -0.39 is 0 Å². The van der Waals surface area contributed by atoms with Crippen molar-refractivity contribution in [1.82, 2.24) is 20.1 Å². The Morgan fingerprint density at radius 3 is 2.81 bits per heavy atom. The molecule has 0 fully saturated rings. The predicted octanol–water partition coefficient (Wildman–Crippen LogP) is 1.40. The van der Waals surface area contributed by atoms with Crippen LogP contribution in [0, 0.1) is 5.92 Å². The number of rotatable bonds is 6. The molecule has 6 nitrogen and oxygen atoms in total. The number of aromatic nitrogens is 3. The van der Waals surface area contributed by atoms with Crippen molar-refractivity contribution in [2.24, 2.45) is 5.92 Å². The van der Waals surface area contributed by atoms with Crippen LogP contribution in [0.15, 0.2) is 36.8 Å². The number of hydrogen-bond donors (Lipinski definition) is 2. The molecule has 2 rings (SSSR count). The van der Waals surface area contributed by atoms with Crippen LogP contribution in [0.4, 0.5) is 0 Å². The van der Waals surface area contributed by atoms with Gasteiger partial charge in [0, 0.05) is 18.6 Å². The van der Waals surface area contributed by atoms with Crippen LogP contribution in [-0.2, 0) is 0 Å². The second-order valence-corrected chi connectivity index (χ2v) is 5.31. The van der Waals surface area contributed by atoms with E-state index >= 15 is 0 Å². The van der Waals surface area contributed by atoms with E-state index in [1.54, 1.807) is 41.5 Å². The van der Waals surface area contributed by atoms with Crippen LogP contribution in [-0.4, -0.2) is 38.4 Å². The fourth-order valence-electron chi connectivity index (χ4n) is 2.16. The molecule has 0 aliphatic heterocycles. The summed E-state index contributed by atoms with van der Waals surface area (Å²) in [6, 6.07) is 4.91. The maximum absolute atomic E-state index is 12.4. The van der Waals surface area contributed by atoms with E-state index in [0.29, 0.717) is 17.3 Å². The van der Waals surface area contributed by atoms with Crippen LogP contribution in [0.25, 0.3) is 5.82 Å². The molecule has 0 bridgehead atoms. The zero-order valence-electron chi connectivity index (χ0n) is 12.2. The Morgan fingerprint density at radius 2 is 2.19 bits per heavy atom. The van der Waals surface area contributed by atoms with Crippen molar-refractivity contribution >= 4 is 5.91 Å². The number of hydrogen-bond acceptors (Lipinski definition) is 4. The molecule has 1 unspecified atom stereocenters. The van der Waals surface area contributed by atoms with Crippen molar-refractivity contribution in [3.8, 4) is 5.82 Å². The van der Waals surface area contributed by atoms with Gasteiger partial charge < -0.3 is 10.4 Å². The normalized spacial score (nSPS) is 12.4. The first-order valence-electron chi connectivity index (χ1n) is 6.98. The van der Waals surface area contributed by atoms with Crippen LogP contribution < -0.4 is 5.32 Å². The van der Waals surface area contributed by atoms with Gasteiger partial charge in [0.25, 0.3) is 5.91 Å². The predicted molar refractivity (Wildman–Crippen MR) is 79.2 cm³/mol. The van der Waals surface area contributed by atoms with Gasteiger partial charge in [-0.15, -0.1) is 0 Å². The second kappa shape index (κ2) is 6.99. The van der Waals surface area contributed by atoms with Crippen LogP contribution in [0.1, 0.15) is 30.6 Å². The van der Waals surface area contributed by atoms with Crippen LogP contribution >= 0.6 is 0 Å². The summed E-state index contributed by atoms with van der Waals surface area (Å²) in [6.45, 7) is 4.02. The smallest absolute Gasteiger partial charge is 0.255 e. The van der Waals surface area contributed by atoms with Gasteiger partial charge in [0.2, 0.25) is 0 Å². The summed E-state index contributed by atoms with van der Waals surface area (Å²) in [5.41, 5.74) is 0.434. The highest BCUT2D eigenvalue weighted by Crippen LogP contribution is 2.11. The third kappa shape index (κ3) is 3.88. The molecule has 0 aliphatic carbocycles. The fourth-order valence-corrected chi connectivity index (χ4v) is 2.16. The number of carbonyl (C=O) groups is 1. The summed E-state index contributed by atoms with van der Waals surface area (Å²) in [5.74, 6) is 0.608. The first-order chi connectivity index (χ1) is 10.1. The highest BCUT2D eigenvalue weighted by atomic mass is 16.3. The molecule has 2 N–H and O–H groups in total. The third-order valence-electron chi connectivity index (χ3n) is 3.06. The van der Waals surface area contributed by atoms with Gasteiger partial charge in [-0.3, -0.25) is 4.79 Å². The summed E-state index contributed by atoms with van der Waals surface area (Å²) in [5, 5.41) is 16.3. The first-order valence-corrected chi connectivity index (χ1v) is 6.98. The van der Waals surface area contributed by atoms with Gasteiger partial charge in [-0.25, -0.2) is 9.67 Å². The lowest BCUT2D eigenvalue weighted by atomic mass is 10.0. The van der Waals surface area contributed by atoms with Crippen molar-refractivity contribution < 1.29 is 9.90 Å². The van der Waals surface area contributed by atoms with Crippen LogP contribution in [0.5, 0.6) is 0 Å². The number of nitrogens with one attached hydrogen (secondary N) is 1. The topological polar surface area (TPSA) is 80.0 Å². The van der Waals surface area contributed by atoms with Crippen LogP contribution in [0.3, 0.4) is 0 Å². The first kappa shape index (κ1) is 15.2. The van der Waals surface area contributed by atoms with E-state index in [0.717, 1.165) is 6.42 Å². The molecule has 0 aromatic carbocycles. The summed E-state index contributed by atoms with van der Waals surface area (Å²) in [4.78, 5) is 16.6. The molecular weight excluding hydrogens is 268 g/mol. The van der Waals surface area contributed by atoms with Crippen molar-refractivity contribution in [3.63, 3.8) is 0 Å². The maximum Gasteiger partial charge on any atom is 0.255 e. The van der Waals surface area contributed by atoms with E-state index in [1.807, 2.05) is 13.8 Å². The number of carbonyl (C=O) groups excluding carboxylic acids is 1. The number of amides is 1. The van der Waals surface area contributed by atoms with Crippen molar-refractivity contribution in [3.05, 3.63) is 42.4 Å². The van der Waals surface area contributed by atoms with E-state index in [9.17, 15) is 9.90 Å². The second-order valence-electron chi connectivity index (χ2n) is 5.31. The summed E-state index contributed by atoms with van der Waals surface area (Å²) < 4.78 is 1.55. The van der Waals surface area contributed by atoms with Gasteiger partial charge in [-0.2, -0.15) is 5.10 Å². The molecule has 0 radical (unpaired) electrons. The van der Waals surface area contributed by atoms with Crippen molar-refractivity contribution in [2.75, 3.05) is 6.61 Å². The monoisotopic (exact) mass is 288 g/mol. The summed E-state index contributed by atoms with van der Waals surface area (Å²) in [6.07, 6.45) is 5.70. The van der Waals surface area contributed by atoms with Crippen molar-refractivity contribution in [2.45, 2.75) is 26.3 Å². The minimum absolute atomic E-state index is 0.0821. The molecule has 6 heteroatoms. The fraction of sp³-hybridized carbons (Fsp3) is 0.400. The van der Waals surface area contributed by atoms with Gasteiger partial charge in [0.15, 0.2) is 5.82 Å². The number of pyridine rings is 1. The van der Waals surface area contributed by atoms with Gasteiger partial charge in [-0.05, 0) is 30.5 Å². The Bertz CT molecular complexity index is 581. The molecule has 1 atom stereocenters. The Morgan fingerprint density at radius 1 is 1.38 bits per heavy atom. The molecule has 2 aromatic rings. The number of nitrogens with zero attached hydrogens (tertiary/aromatic N) is 3. The lowest BCUT2D eigenvalue weighted by molar-refractivity contribution is 0.0908. The van der Waals surface area contributed by atoms with E-state index in [1.165, 1.54) is 0 Å². The lowest BCUT2D eigenvalue weighted by Crippen LogP contribution is -2.39. The van der Waals surface area contributed by atoms with Gasteiger partial charge in [0.1, 0.15) is 0 Å². The maximum atomic E-state index is 12.4. The van der Waals surface area contributed by atoms with Gasteiger partial charge in [-0.1, -0.05) is 13.8 Å². The van der Waals surface area contributed by atoms with Crippen LogP contribution in [0.2, 0.25) is 0 Å². The molecule has 21 heavy (non-hydrogen) atoms. The minimum atomic E-state index is -0.261. The van der Waals surface area contributed by atoms with E-state index in [2.05, 4.69) is 15.4 Å². The molecule has 112 valence electrons. The molecule has 0 saturated carbocycles. The zero-order valence-corrected chi connectivity index (χ0v) is 12.2. The molecule has 2 aromatic heterocycles. The Balaban J connectivity index is 2.20. The Kier molecular flexibility index (Phi) is 5.05. The number of aliphatic hydroxyl groups is 1. The van der Waals surface area contributed by atoms with Crippen molar-refractivity contribution in [1.29, 1.82) is 0 Å². The molecule has 1 amide bonds. The Labute approximate surface area is 123 Å². The summed E-state index contributed by atoms with van der Waals surface area (Å²) in [7, 11) is 0. The summed E-state index contributed by atoms with van der Waals surface area (Å²) >= 11 is 0. The molecule has 0 saturated heterocycles. The lowest BCUT2D eigenvalue weighted by Gasteiger charge is -2.19. The van der Waals surface area contributed by atoms with E-state index in [4.69, 9.17) is 0 Å². The molecule has 2 heterocycles. The SMILES string of the molecule is CC(C)CC(CO)NC(=O)c1cccnc1-n1cccn1. The minimum Gasteiger partial charge on any atom is -0.394 e. The average Bonchev–Trinajstić information content (AvgIpc) is 3.00. The largest absolute Gasteiger partial charge is 0.394 e. The molecule has 0 aliphatic rings. The average molecular weight is 288 g/mol. The number of aliphatic hydroxyl groups excluding tert-OH is 1. The highest BCUT2D eigenvalue weighted by Gasteiger charge is 2.18. The quantitative estimate of drug-likeness (QED) is 0.842. The Hall–Kier alpha value is -2.21. The molecule has 0 spiro atoms.